The first-order valence-electron chi connectivity index (χ1n) is 4.28. The summed E-state index contributed by atoms with van der Waals surface area (Å²) in [5.41, 5.74) is -0.247. The second-order valence-electron chi connectivity index (χ2n) is 3.03. The smallest absolute Gasteiger partial charge is 0.196 e. The first kappa shape index (κ1) is 13.6. The maximum absolute atomic E-state index is 13.3. The van der Waals surface area contributed by atoms with Crippen molar-refractivity contribution in [2.75, 3.05) is 17.7 Å². The molecule has 0 saturated carbocycles. The Labute approximate surface area is 104 Å². The highest BCUT2D eigenvalue weighted by molar-refractivity contribution is 9.10. The summed E-state index contributed by atoms with van der Waals surface area (Å²) < 4.78 is 38.9. The van der Waals surface area contributed by atoms with Crippen LogP contribution in [0.5, 0.6) is 0 Å². The van der Waals surface area contributed by atoms with E-state index in [1.165, 1.54) is 0 Å². The zero-order chi connectivity index (χ0) is 12.3. The van der Waals surface area contributed by atoms with Gasteiger partial charge in [-0.25, -0.2) is 13.2 Å². The highest BCUT2D eigenvalue weighted by Gasteiger charge is 2.17. The Hall–Kier alpha value is -0.460. The van der Waals surface area contributed by atoms with Gasteiger partial charge in [0.1, 0.15) is 0 Å². The largest absolute Gasteiger partial charge is 0.390 e. The summed E-state index contributed by atoms with van der Waals surface area (Å²) in [5, 5.41) is 11.6. The van der Waals surface area contributed by atoms with Crippen molar-refractivity contribution in [1.82, 2.24) is 0 Å². The number of anilines is 1. The highest BCUT2D eigenvalue weighted by atomic mass is 79.9. The third-order valence-electron chi connectivity index (χ3n) is 1.81. The summed E-state index contributed by atoms with van der Waals surface area (Å²) >= 11 is 8.21. The zero-order valence-electron chi connectivity index (χ0n) is 7.91. The molecule has 0 amide bonds. The van der Waals surface area contributed by atoms with Crippen LogP contribution < -0.4 is 5.32 Å². The topological polar surface area (TPSA) is 32.3 Å². The van der Waals surface area contributed by atoms with Gasteiger partial charge in [0.2, 0.25) is 0 Å². The zero-order valence-corrected chi connectivity index (χ0v) is 10.2. The highest BCUT2D eigenvalue weighted by Crippen LogP contribution is 2.29. The van der Waals surface area contributed by atoms with Crippen molar-refractivity contribution in [3.63, 3.8) is 0 Å². The van der Waals surface area contributed by atoms with E-state index in [4.69, 9.17) is 16.7 Å². The molecule has 0 aromatic heterocycles. The molecule has 0 aliphatic rings. The molecule has 0 heterocycles. The lowest BCUT2D eigenvalue weighted by Crippen LogP contribution is -2.21. The predicted molar refractivity (Wildman–Crippen MR) is 59.2 cm³/mol. The van der Waals surface area contributed by atoms with Crippen molar-refractivity contribution in [2.24, 2.45) is 0 Å². The van der Waals surface area contributed by atoms with Crippen molar-refractivity contribution in [2.45, 2.75) is 6.10 Å². The van der Waals surface area contributed by atoms with Gasteiger partial charge in [-0.05, 0) is 22.0 Å². The molecule has 16 heavy (non-hydrogen) atoms. The Balaban J connectivity index is 2.92. The summed E-state index contributed by atoms with van der Waals surface area (Å²) in [6, 6.07) is 0.799. The fourth-order valence-corrected chi connectivity index (χ4v) is 1.63. The quantitative estimate of drug-likeness (QED) is 0.508. The first-order valence-corrected chi connectivity index (χ1v) is 5.61. The summed E-state index contributed by atoms with van der Waals surface area (Å²) in [6.07, 6.45) is -0.902. The normalized spacial score (nSPS) is 12.6. The van der Waals surface area contributed by atoms with Crippen LogP contribution in [0, 0.1) is 17.5 Å². The maximum Gasteiger partial charge on any atom is 0.196 e. The Bertz CT molecular complexity index is 392. The molecule has 0 bridgehead atoms. The van der Waals surface area contributed by atoms with Gasteiger partial charge in [0.15, 0.2) is 17.5 Å². The maximum atomic E-state index is 13.3. The second-order valence-corrected chi connectivity index (χ2v) is 4.20. The molecule has 90 valence electrons. The van der Waals surface area contributed by atoms with Crippen molar-refractivity contribution >= 4 is 33.2 Å². The van der Waals surface area contributed by atoms with Gasteiger partial charge in [-0.3, -0.25) is 0 Å². The van der Waals surface area contributed by atoms with Gasteiger partial charge >= 0.3 is 0 Å². The van der Waals surface area contributed by atoms with E-state index in [-0.39, 0.29) is 22.6 Å². The summed E-state index contributed by atoms with van der Waals surface area (Å²) in [6.45, 7) is -0.0654. The number of alkyl halides is 1. The van der Waals surface area contributed by atoms with Crippen molar-refractivity contribution in [1.29, 1.82) is 0 Å². The number of nitrogens with one attached hydrogen (secondary N) is 1. The molecule has 1 atom stereocenters. The number of rotatable bonds is 4. The molecule has 0 aliphatic carbocycles. The summed E-state index contributed by atoms with van der Waals surface area (Å²) in [5.74, 6) is -4.23. The van der Waals surface area contributed by atoms with Crippen LogP contribution in [-0.4, -0.2) is 23.6 Å². The molecule has 0 aliphatic heterocycles. The van der Waals surface area contributed by atoms with E-state index in [9.17, 15) is 13.2 Å². The van der Waals surface area contributed by atoms with Gasteiger partial charge in [0.05, 0.1) is 17.7 Å². The molecule has 0 fully saturated rings. The molecular weight excluding hydrogens is 310 g/mol. The van der Waals surface area contributed by atoms with Crippen LogP contribution in [0.25, 0.3) is 0 Å². The lowest BCUT2D eigenvalue weighted by molar-refractivity contribution is 0.211. The van der Waals surface area contributed by atoms with Crippen LogP contribution in [-0.2, 0) is 0 Å². The second kappa shape index (κ2) is 5.75. The molecule has 2 N–H and O–H groups in total. The molecule has 1 unspecified atom stereocenters. The van der Waals surface area contributed by atoms with Crippen LogP contribution in [0.2, 0.25) is 0 Å². The molecule has 1 aromatic carbocycles. The Morgan fingerprint density at radius 1 is 1.38 bits per heavy atom. The Morgan fingerprint density at radius 2 is 2.00 bits per heavy atom. The minimum absolute atomic E-state index is 0.0330. The third kappa shape index (κ3) is 3.02. The van der Waals surface area contributed by atoms with E-state index in [0.29, 0.717) is 0 Å². The lowest BCUT2D eigenvalue weighted by Gasteiger charge is -2.13. The predicted octanol–water partition coefficient (Wildman–Crippen LogP) is 2.88. The molecule has 0 spiro atoms. The number of hydrogen-bond acceptors (Lipinski definition) is 2. The minimum atomic E-state index is -1.56. The van der Waals surface area contributed by atoms with Crippen LogP contribution in [0.4, 0.5) is 18.9 Å². The van der Waals surface area contributed by atoms with E-state index in [1.807, 2.05) is 0 Å². The van der Waals surface area contributed by atoms with Gasteiger partial charge in [-0.15, -0.1) is 11.6 Å². The fourth-order valence-electron chi connectivity index (χ4n) is 1.00. The Kier molecular flexibility index (Phi) is 4.89. The fraction of sp³-hybridized carbons (Fsp3) is 0.333. The van der Waals surface area contributed by atoms with Crippen LogP contribution >= 0.6 is 27.5 Å². The standard InChI is InChI=1S/C9H8BrClF3NO/c10-5-1-6(12)7(13)8(14)9(5)15-3-4(16)2-11/h1,4,15-16H,2-3H2. The van der Waals surface area contributed by atoms with Gasteiger partial charge in [-0.1, -0.05) is 0 Å². The van der Waals surface area contributed by atoms with Gasteiger partial charge < -0.3 is 10.4 Å². The average Bonchev–Trinajstić information content (AvgIpc) is 2.25. The average molecular weight is 319 g/mol. The molecule has 7 heteroatoms. The third-order valence-corrected chi connectivity index (χ3v) is 2.79. The summed E-state index contributed by atoms with van der Waals surface area (Å²) in [4.78, 5) is 0. The van der Waals surface area contributed by atoms with Crippen LogP contribution in [0.15, 0.2) is 10.5 Å². The van der Waals surface area contributed by atoms with E-state index in [0.717, 1.165) is 6.07 Å². The van der Waals surface area contributed by atoms with Crippen molar-refractivity contribution in [3.8, 4) is 0 Å². The van der Waals surface area contributed by atoms with Crippen LogP contribution in [0.3, 0.4) is 0 Å². The van der Waals surface area contributed by atoms with Gasteiger partial charge in [0.25, 0.3) is 0 Å². The molecule has 1 aromatic rings. The van der Waals surface area contributed by atoms with Crippen molar-refractivity contribution in [3.05, 3.63) is 28.0 Å². The van der Waals surface area contributed by atoms with E-state index >= 15 is 0 Å². The molecule has 2 nitrogen and oxygen atoms in total. The van der Waals surface area contributed by atoms with Gasteiger partial charge in [-0.2, -0.15) is 0 Å². The molecular formula is C9H8BrClF3NO. The van der Waals surface area contributed by atoms with E-state index in [1.54, 1.807) is 0 Å². The van der Waals surface area contributed by atoms with E-state index < -0.39 is 23.6 Å². The minimum Gasteiger partial charge on any atom is -0.390 e. The molecule has 0 radical (unpaired) electrons. The van der Waals surface area contributed by atoms with E-state index in [2.05, 4.69) is 21.2 Å². The molecule has 1 rings (SSSR count). The lowest BCUT2D eigenvalue weighted by atomic mass is 10.2. The Morgan fingerprint density at radius 3 is 2.56 bits per heavy atom. The number of benzene rings is 1. The number of aliphatic hydroxyl groups excluding tert-OH is 1. The SMILES string of the molecule is OC(CCl)CNc1c(Br)cc(F)c(F)c1F. The van der Waals surface area contributed by atoms with Crippen molar-refractivity contribution < 1.29 is 18.3 Å². The monoisotopic (exact) mass is 317 g/mol. The van der Waals surface area contributed by atoms with Crippen LogP contribution in [0.1, 0.15) is 0 Å². The molecule has 0 saturated heterocycles. The number of halogens is 5. The number of aliphatic hydroxyl groups is 1. The first-order chi connectivity index (χ1) is 7.47. The summed E-state index contributed by atoms with van der Waals surface area (Å²) in [7, 11) is 0. The van der Waals surface area contributed by atoms with Gasteiger partial charge in [0, 0.05) is 11.0 Å². The number of hydrogen-bond donors (Lipinski definition) is 2.